The van der Waals surface area contributed by atoms with Gasteiger partial charge in [-0.2, -0.15) is 5.90 Å². The van der Waals surface area contributed by atoms with Gasteiger partial charge in [0.05, 0.1) is 0 Å². The summed E-state index contributed by atoms with van der Waals surface area (Å²) in [6, 6.07) is 17.8. The van der Waals surface area contributed by atoms with E-state index < -0.39 is 0 Å². The molecular formula is C16H11NO2. The lowest BCUT2D eigenvalue weighted by molar-refractivity contribution is 0.338. The van der Waals surface area contributed by atoms with Gasteiger partial charge >= 0.3 is 0 Å². The molecule has 92 valence electrons. The van der Waals surface area contributed by atoms with E-state index in [0.717, 1.165) is 33.4 Å². The molecule has 0 amide bonds. The fourth-order valence-electron chi connectivity index (χ4n) is 2.66. The second-order valence-corrected chi connectivity index (χ2v) is 4.51. The van der Waals surface area contributed by atoms with Crippen molar-refractivity contribution < 1.29 is 9.57 Å². The van der Waals surface area contributed by atoms with E-state index in [1.54, 1.807) is 0 Å². The molecule has 3 nitrogen and oxygen atoms in total. The summed E-state index contributed by atoms with van der Waals surface area (Å²) in [7, 11) is 0. The molecule has 19 heavy (non-hydrogen) atoms. The number of hydrogen-bond donors (Lipinski definition) is 1. The average molecular weight is 249 g/mol. The van der Waals surface area contributed by atoms with Crippen LogP contribution in [0.15, 0.2) is 54.6 Å². The summed E-state index contributed by atoms with van der Waals surface area (Å²) < 4.78 is 5.95. The maximum absolute atomic E-state index is 5.95. The molecule has 0 spiro atoms. The molecule has 0 radical (unpaired) electrons. The molecule has 0 aromatic heterocycles. The normalized spacial score (nSPS) is 11.8. The number of para-hydroxylation sites is 1. The van der Waals surface area contributed by atoms with Crippen LogP contribution in [0.4, 0.5) is 0 Å². The van der Waals surface area contributed by atoms with Crippen molar-refractivity contribution in [2.75, 3.05) is 0 Å². The van der Waals surface area contributed by atoms with Crippen LogP contribution in [0.1, 0.15) is 0 Å². The molecule has 0 fully saturated rings. The zero-order chi connectivity index (χ0) is 12.8. The van der Waals surface area contributed by atoms with E-state index in [2.05, 4.69) is 12.1 Å². The van der Waals surface area contributed by atoms with Crippen LogP contribution in [-0.2, 0) is 0 Å². The van der Waals surface area contributed by atoms with Crippen molar-refractivity contribution >= 4 is 10.8 Å². The molecule has 4 rings (SSSR count). The third-order valence-corrected chi connectivity index (χ3v) is 3.49. The van der Waals surface area contributed by atoms with E-state index in [-0.39, 0.29) is 0 Å². The molecule has 0 aliphatic carbocycles. The highest BCUT2D eigenvalue weighted by atomic mass is 16.6. The molecule has 3 aromatic rings. The summed E-state index contributed by atoms with van der Waals surface area (Å²) in [5.74, 6) is 7.70. The number of nitrogens with two attached hydrogens (primary N) is 1. The van der Waals surface area contributed by atoms with Crippen molar-refractivity contribution in [2.45, 2.75) is 0 Å². The van der Waals surface area contributed by atoms with Gasteiger partial charge in [0.15, 0.2) is 5.75 Å². The Labute approximate surface area is 110 Å². The van der Waals surface area contributed by atoms with E-state index in [1.807, 2.05) is 42.5 Å². The molecule has 2 N–H and O–H groups in total. The highest BCUT2D eigenvalue weighted by Gasteiger charge is 2.20. The van der Waals surface area contributed by atoms with Gasteiger partial charge in [0.2, 0.25) is 0 Å². The lowest BCUT2D eigenvalue weighted by atomic mass is 9.94. The molecular weight excluding hydrogens is 238 g/mol. The van der Waals surface area contributed by atoms with Crippen LogP contribution < -0.4 is 15.5 Å². The Morgan fingerprint density at radius 3 is 2.53 bits per heavy atom. The van der Waals surface area contributed by atoms with Crippen LogP contribution in [0.5, 0.6) is 17.2 Å². The van der Waals surface area contributed by atoms with Crippen LogP contribution in [0.3, 0.4) is 0 Å². The van der Waals surface area contributed by atoms with Crippen LogP contribution in [0.2, 0.25) is 0 Å². The highest BCUT2D eigenvalue weighted by molar-refractivity contribution is 6.06. The van der Waals surface area contributed by atoms with Crippen molar-refractivity contribution in [1.82, 2.24) is 0 Å². The highest BCUT2D eigenvalue weighted by Crippen LogP contribution is 2.47. The fourth-order valence-corrected chi connectivity index (χ4v) is 2.66. The van der Waals surface area contributed by atoms with Crippen molar-refractivity contribution in [3.8, 4) is 28.4 Å². The topological polar surface area (TPSA) is 44.5 Å². The lowest BCUT2D eigenvalue weighted by Crippen LogP contribution is -2.04. The van der Waals surface area contributed by atoms with Crippen molar-refractivity contribution in [1.29, 1.82) is 0 Å². The van der Waals surface area contributed by atoms with Gasteiger partial charge < -0.3 is 9.57 Å². The second kappa shape index (κ2) is 3.73. The maximum atomic E-state index is 5.95. The predicted molar refractivity (Wildman–Crippen MR) is 74.3 cm³/mol. The largest absolute Gasteiger partial charge is 0.456 e. The maximum Gasteiger partial charge on any atom is 0.154 e. The molecule has 0 saturated heterocycles. The van der Waals surface area contributed by atoms with E-state index in [9.17, 15) is 0 Å². The Kier molecular flexibility index (Phi) is 2.05. The number of rotatable bonds is 1. The summed E-state index contributed by atoms with van der Waals surface area (Å²) in [4.78, 5) is 4.94. The van der Waals surface area contributed by atoms with Crippen molar-refractivity contribution in [3.05, 3.63) is 54.6 Å². The summed E-state index contributed by atoms with van der Waals surface area (Å²) in [5, 5.41) is 2.01. The summed E-state index contributed by atoms with van der Waals surface area (Å²) in [5.41, 5.74) is 2.24. The zero-order valence-corrected chi connectivity index (χ0v) is 10.1. The van der Waals surface area contributed by atoms with E-state index in [0.29, 0.717) is 5.75 Å². The van der Waals surface area contributed by atoms with Crippen molar-refractivity contribution in [3.63, 3.8) is 0 Å². The first-order valence-corrected chi connectivity index (χ1v) is 6.08. The zero-order valence-electron chi connectivity index (χ0n) is 10.1. The van der Waals surface area contributed by atoms with E-state index in [1.165, 1.54) is 0 Å². The Morgan fingerprint density at radius 2 is 1.63 bits per heavy atom. The van der Waals surface area contributed by atoms with E-state index >= 15 is 0 Å². The number of benzene rings is 3. The Balaban J connectivity index is 2.17. The fraction of sp³-hybridized carbons (Fsp3) is 0. The Morgan fingerprint density at radius 1 is 0.789 bits per heavy atom. The number of hydrogen-bond acceptors (Lipinski definition) is 3. The third-order valence-electron chi connectivity index (χ3n) is 3.49. The van der Waals surface area contributed by atoms with Gasteiger partial charge in [-0.1, -0.05) is 36.4 Å². The van der Waals surface area contributed by atoms with Gasteiger partial charge in [-0.05, 0) is 23.8 Å². The third kappa shape index (κ3) is 1.36. The van der Waals surface area contributed by atoms with Gasteiger partial charge in [0.25, 0.3) is 0 Å². The molecule has 1 aliphatic rings. The SMILES string of the molecule is NOc1ccc2c3c(cccc13)-c1ccccc1O2. The number of fused-ring (bicyclic) bond motifs is 2. The summed E-state index contributed by atoms with van der Waals surface area (Å²) in [6.07, 6.45) is 0. The molecule has 0 atom stereocenters. The first-order chi connectivity index (χ1) is 9.38. The number of ether oxygens (including phenoxy) is 1. The Hall–Kier alpha value is -2.52. The smallest absolute Gasteiger partial charge is 0.154 e. The van der Waals surface area contributed by atoms with E-state index in [4.69, 9.17) is 15.5 Å². The first-order valence-electron chi connectivity index (χ1n) is 6.08. The monoisotopic (exact) mass is 249 g/mol. The van der Waals surface area contributed by atoms with Crippen LogP contribution in [-0.4, -0.2) is 0 Å². The molecule has 0 saturated carbocycles. The van der Waals surface area contributed by atoms with Crippen LogP contribution in [0.25, 0.3) is 21.9 Å². The van der Waals surface area contributed by atoms with Gasteiger partial charge in [-0.3, -0.25) is 0 Å². The molecule has 3 heteroatoms. The Bertz CT molecular complexity index is 796. The summed E-state index contributed by atoms with van der Waals surface area (Å²) in [6.45, 7) is 0. The van der Waals surface area contributed by atoms with Gasteiger partial charge in [-0.25, -0.2) is 0 Å². The van der Waals surface area contributed by atoms with Crippen LogP contribution in [0, 0.1) is 0 Å². The second-order valence-electron chi connectivity index (χ2n) is 4.51. The molecule has 1 heterocycles. The standard InChI is InChI=1S/C16H11NO2/c17-19-14-8-9-15-16-11(5-3-6-12(14)16)10-4-1-2-7-13(10)18-15/h1-9H,17H2. The van der Waals surface area contributed by atoms with Crippen molar-refractivity contribution in [2.24, 2.45) is 5.90 Å². The molecule has 0 unspecified atom stereocenters. The molecule has 0 bridgehead atoms. The predicted octanol–water partition coefficient (Wildman–Crippen LogP) is 3.87. The molecule has 1 aliphatic heterocycles. The minimum atomic E-state index is 0.656. The van der Waals surface area contributed by atoms with Gasteiger partial charge in [-0.15, -0.1) is 0 Å². The minimum absolute atomic E-state index is 0.656. The quantitative estimate of drug-likeness (QED) is 0.521. The minimum Gasteiger partial charge on any atom is -0.456 e. The average Bonchev–Trinajstić information content (AvgIpc) is 2.48. The van der Waals surface area contributed by atoms with Crippen LogP contribution >= 0.6 is 0 Å². The van der Waals surface area contributed by atoms with Gasteiger partial charge in [0, 0.05) is 16.3 Å². The molecule has 3 aromatic carbocycles. The van der Waals surface area contributed by atoms with Gasteiger partial charge in [0.1, 0.15) is 11.5 Å². The lowest BCUT2D eigenvalue weighted by Gasteiger charge is -2.21. The first kappa shape index (κ1) is 10.4. The summed E-state index contributed by atoms with van der Waals surface area (Å²) >= 11 is 0.